The van der Waals surface area contributed by atoms with Crippen molar-refractivity contribution in [1.29, 1.82) is 0 Å². The molecule has 24 heavy (non-hydrogen) atoms. The van der Waals surface area contributed by atoms with Gasteiger partial charge in [-0.1, -0.05) is 28.9 Å². The zero-order valence-corrected chi connectivity index (χ0v) is 13.6. The van der Waals surface area contributed by atoms with Crippen molar-refractivity contribution in [3.8, 4) is 11.1 Å². The number of amides is 1. The molecular formula is C18H14ClFN2O2. The van der Waals surface area contributed by atoms with Crippen LogP contribution in [0.3, 0.4) is 0 Å². The molecule has 122 valence electrons. The van der Waals surface area contributed by atoms with E-state index in [0.717, 1.165) is 5.56 Å². The predicted octanol–water partition coefficient (Wildman–Crippen LogP) is 4.62. The summed E-state index contributed by atoms with van der Waals surface area (Å²) in [5.74, 6) is -0.00312. The lowest BCUT2D eigenvalue weighted by Crippen LogP contribution is -2.15. The lowest BCUT2D eigenvalue weighted by molar-refractivity contribution is -0.115. The van der Waals surface area contributed by atoms with Crippen LogP contribution in [0.15, 0.2) is 53.1 Å². The zero-order chi connectivity index (χ0) is 17.1. The predicted molar refractivity (Wildman–Crippen MR) is 90.4 cm³/mol. The van der Waals surface area contributed by atoms with E-state index in [1.165, 1.54) is 18.2 Å². The van der Waals surface area contributed by atoms with Crippen LogP contribution in [0.1, 0.15) is 11.5 Å². The molecule has 1 aromatic heterocycles. The van der Waals surface area contributed by atoms with Gasteiger partial charge in [0.2, 0.25) is 5.91 Å². The van der Waals surface area contributed by atoms with Gasteiger partial charge < -0.3 is 9.84 Å². The molecule has 4 nitrogen and oxygen atoms in total. The van der Waals surface area contributed by atoms with Crippen LogP contribution >= 0.6 is 11.6 Å². The maximum absolute atomic E-state index is 13.6. The second kappa shape index (κ2) is 6.84. The van der Waals surface area contributed by atoms with Gasteiger partial charge in [-0.3, -0.25) is 4.79 Å². The Balaban J connectivity index is 1.85. The van der Waals surface area contributed by atoms with Gasteiger partial charge in [0.1, 0.15) is 11.6 Å². The molecule has 0 saturated carbocycles. The van der Waals surface area contributed by atoms with E-state index in [1.54, 1.807) is 37.3 Å². The molecule has 0 unspecified atom stereocenters. The Labute approximate surface area is 143 Å². The number of carbonyl (C=O) groups is 1. The van der Waals surface area contributed by atoms with E-state index in [4.69, 9.17) is 16.1 Å². The van der Waals surface area contributed by atoms with E-state index >= 15 is 0 Å². The Bertz CT molecular complexity index is 875. The minimum atomic E-state index is -0.384. The lowest BCUT2D eigenvalue weighted by atomic mass is 10.0. The normalized spacial score (nSPS) is 10.6. The van der Waals surface area contributed by atoms with E-state index in [2.05, 4.69) is 10.5 Å². The molecule has 0 aliphatic heterocycles. The highest BCUT2D eigenvalue weighted by Gasteiger charge is 2.12. The fourth-order valence-corrected chi connectivity index (χ4v) is 2.48. The largest absolute Gasteiger partial charge is 0.361 e. The topological polar surface area (TPSA) is 55.1 Å². The summed E-state index contributed by atoms with van der Waals surface area (Å²) < 4.78 is 18.6. The van der Waals surface area contributed by atoms with Crippen molar-refractivity contribution in [2.45, 2.75) is 13.3 Å². The van der Waals surface area contributed by atoms with Crippen molar-refractivity contribution in [2.75, 3.05) is 5.32 Å². The average molecular weight is 345 g/mol. The van der Waals surface area contributed by atoms with E-state index in [-0.39, 0.29) is 18.1 Å². The van der Waals surface area contributed by atoms with Gasteiger partial charge in [-0.2, -0.15) is 0 Å². The monoisotopic (exact) mass is 344 g/mol. The SMILES string of the molecule is Cc1cc(CC(=O)Nc2ccc(F)cc2-c2ccc(Cl)cc2)no1. The van der Waals surface area contributed by atoms with Gasteiger partial charge >= 0.3 is 0 Å². The van der Waals surface area contributed by atoms with Crippen LogP contribution in [0.5, 0.6) is 0 Å². The second-order valence-corrected chi connectivity index (χ2v) is 5.79. The highest BCUT2D eigenvalue weighted by atomic mass is 35.5. The quantitative estimate of drug-likeness (QED) is 0.751. The Hall–Kier alpha value is -2.66. The highest BCUT2D eigenvalue weighted by Crippen LogP contribution is 2.30. The number of carbonyl (C=O) groups excluding carboxylic acids is 1. The number of nitrogens with zero attached hydrogens (tertiary/aromatic N) is 1. The third-order valence-corrected chi connectivity index (χ3v) is 3.68. The molecule has 6 heteroatoms. The van der Waals surface area contributed by atoms with Gasteiger partial charge in [0.15, 0.2) is 0 Å². The molecule has 3 rings (SSSR count). The van der Waals surface area contributed by atoms with Crippen LogP contribution in [0.4, 0.5) is 10.1 Å². The summed E-state index contributed by atoms with van der Waals surface area (Å²) in [5.41, 5.74) is 2.40. The standard InChI is InChI=1S/C18H14ClFN2O2/c1-11-8-15(22-24-11)10-18(23)21-17-7-6-14(20)9-16(17)12-2-4-13(19)5-3-12/h2-9H,10H2,1H3,(H,21,23). The average Bonchev–Trinajstić information content (AvgIpc) is 2.95. The molecule has 1 N–H and O–H groups in total. The number of aryl methyl sites for hydroxylation is 1. The molecule has 0 saturated heterocycles. The Kier molecular flexibility index (Phi) is 4.62. The minimum absolute atomic E-state index is 0.0781. The molecule has 1 heterocycles. The summed E-state index contributed by atoms with van der Waals surface area (Å²) in [6.07, 6.45) is 0.0781. The number of hydrogen-bond acceptors (Lipinski definition) is 3. The van der Waals surface area contributed by atoms with Gasteiger partial charge in [-0.05, 0) is 42.8 Å². The summed E-state index contributed by atoms with van der Waals surface area (Å²) in [5, 5.41) is 7.16. The van der Waals surface area contributed by atoms with Crippen molar-refractivity contribution < 1.29 is 13.7 Å². The first-order chi connectivity index (χ1) is 11.5. The first-order valence-electron chi connectivity index (χ1n) is 7.29. The molecular weight excluding hydrogens is 331 g/mol. The first kappa shape index (κ1) is 16.2. The molecule has 0 aliphatic carbocycles. The molecule has 0 radical (unpaired) electrons. The van der Waals surface area contributed by atoms with Crippen LogP contribution in [0.2, 0.25) is 5.02 Å². The highest BCUT2D eigenvalue weighted by molar-refractivity contribution is 6.30. The molecule has 3 aromatic rings. The summed E-state index contributed by atoms with van der Waals surface area (Å²) in [6, 6.07) is 12.9. The van der Waals surface area contributed by atoms with Gasteiger partial charge in [0.05, 0.1) is 12.1 Å². The summed E-state index contributed by atoms with van der Waals surface area (Å²) in [4.78, 5) is 12.2. The summed E-state index contributed by atoms with van der Waals surface area (Å²) in [7, 11) is 0. The van der Waals surface area contributed by atoms with Crippen molar-refractivity contribution >= 4 is 23.2 Å². The number of aromatic nitrogens is 1. The number of anilines is 1. The second-order valence-electron chi connectivity index (χ2n) is 5.35. The number of hydrogen-bond donors (Lipinski definition) is 1. The molecule has 0 fully saturated rings. The first-order valence-corrected chi connectivity index (χ1v) is 7.66. The van der Waals surface area contributed by atoms with Crippen LogP contribution in [0.25, 0.3) is 11.1 Å². The Morgan fingerprint density at radius 3 is 2.62 bits per heavy atom. The van der Waals surface area contributed by atoms with Gasteiger partial charge in [-0.25, -0.2) is 4.39 Å². The van der Waals surface area contributed by atoms with E-state index in [1.807, 2.05) is 0 Å². The maximum atomic E-state index is 13.6. The molecule has 2 aromatic carbocycles. The van der Waals surface area contributed by atoms with Crippen molar-refractivity contribution in [3.05, 3.63) is 70.8 Å². The van der Waals surface area contributed by atoms with E-state index < -0.39 is 0 Å². The fraction of sp³-hybridized carbons (Fsp3) is 0.111. The summed E-state index contributed by atoms with van der Waals surface area (Å²) >= 11 is 5.89. The molecule has 0 spiro atoms. The minimum Gasteiger partial charge on any atom is -0.361 e. The van der Waals surface area contributed by atoms with Crippen LogP contribution in [-0.4, -0.2) is 11.1 Å². The Morgan fingerprint density at radius 1 is 1.21 bits per heavy atom. The maximum Gasteiger partial charge on any atom is 0.230 e. The Morgan fingerprint density at radius 2 is 1.96 bits per heavy atom. The third kappa shape index (κ3) is 3.81. The van der Waals surface area contributed by atoms with Gasteiger partial charge in [-0.15, -0.1) is 0 Å². The van der Waals surface area contributed by atoms with Crippen molar-refractivity contribution in [3.63, 3.8) is 0 Å². The smallest absolute Gasteiger partial charge is 0.230 e. The number of nitrogens with one attached hydrogen (secondary N) is 1. The zero-order valence-electron chi connectivity index (χ0n) is 12.8. The van der Waals surface area contributed by atoms with Crippen LogP contribution in [0, 0.1) is 12.7 Å². The lowest BCUT2D eigenvalue weighted by Gasteiger charge is -2.11. The fourth-order valence-electron chi connectivity index (χ4n) is 2.35. The summed E-state index contributed by atoms with van der Waals surface area (Å²) in [6.45, 7) is 1.76. The van der Waals surface area contributed by atoms with E-state index in [0.29, 0.717) is 27.7 Å². The van der Waals surface area contributed by atoms with Crippen molar-refractivity contribution in [1.82, 2.24) is 5.16 Å². The van der Waals surface area contributed by atoms with Crippen LogP contribution in [-0.2, 0) is 11.2 Å². The van der Waals surface area contributed by atoms with Gasteiger partial charge in [0.25, 0.3) is 0 Å². The molecule has 1 amide bonds. The third-order valence-electron chi connectivity index (χ3n) is 3.43. The molecule has 0 bridgehead atoms. The van der Waals surface area contributed by atoms with Gasteiger partial charge in [0, 0.05) is 22.3 Å². The van der Waals surface area contributed by atoms with Crippen LogP contribution < -0.4 is 5.32 Å². The molecule has 0 aliphatic rings. The van der Waals surface area contributed by atoms with E-state index in [9.17, 15) is 9.18 Å². The molecule has 0 atom stereocenters. The number of halogens is 2. The van der Waals surface area contributed by atoms with Crippen molar-refractivity contribution in [2.24, 2.45) is 0 Å². The number of rotatable bonds is 4. The number of benzene rings is 2.